The molecule has 3 nitrogen and oxygen atoms in total. The van der Waals surface area contributed by atoms with Gasteiger partial charge in [0.05, 0.1) is 10.6 Å². The Kier molecular flexibility index (Phi) is 5.92. The van der Waals surface area contributed by atoms with E-state index < -0.39 is 0 Å². The summed E-state index contributed by atoms with van der Waals surface area (Å²) in [5.41, 5.74) is 6.37. The fourth-order valence-corrected chi connectivity index (χ4v) is 2.49. The zero-order valence-electron chi connectivity index (χ0n) is 9.73. The van der Waals surface area contributed by atoms with Crippen LogP contribution >= 0.6 is 39.9 Å². The van der Waals surface area contributed by atoms with Crippen molar-refractivity contribution in [2.75, 3.05) is 13.1 Å². The molecule has 0 spiro atoms. The van der Waals surface area contributed by atoms with Crippen LogP contribution < -0.4 is 5.73 Å². The minimum absolute atomic E-state index is 0. The van der Waals surface area contributed by atoms with Gasteiger partial charge in [-0.05, 0) is 31.0 Å². The first kappa shape index (κ1) is 15.8. The van der Waals surface area contributed by atoms with Gasteiger partial charge in [0.25, 0.3) is 5.91 Å². The molecule has 0 unspecified atom stereocenters. The molecule has 2 N–H and O–H groups in total. The highest BCUT2D eigenvalue weighted by Gasteiger charge is 2.23. The van der Waals surface area contributed by atoms with Gasteiger partial charge in [0.2, 0.25) is 0 Å². The van der Waals surface area contributed by atoms with Crippen molar-refractivity contribution in [1.29, 1.82) is 0 Å². The van der Waals surface area contributed by atoms with E-state index in [0.717, 1.165) is 17.3 Å². The quantitative estimate of drug-likeness (QED) is 0.843. The zero-order chi connectivity index (χ0) is 12.4. The van der Waals surface area contributed by atoms with E-state index in [1.54, 1.807) is 12.1 Å². The van der Waals surface area contributed by atoms with Crippen LogP contribution in [0.5, 0.6) is 0 Å². The molecule has 18 heavy (non-hydrogen) atoms. The van der Waals surface area contributed by atoms with E-state index in [2.05, 4.69) is 15.9 Å². The van der Waals surface area contributed by atoms with Crippen LogP contribution in [0.4, 0.5) is 0 Å². The average molecular weight is 354 g/mol. The van der Waals surface area contributed by atoms with Crippen molar-refractivity contribution in [1.82, 2.24) is 4.90 Å². The van der Waals surface area contributed by atoms with Crippen LogP contribution in [-0.4, -0.2) is 29.9 Å². The zero-order valence-corrected chi connectivity index (χ0v) is 12.9. The molecule has 0 bridgehead atoms. The fourth-order valence-electron chi connectivity index (χ4n) is 1.93. The first-order valence-electron chi connectivity index (χ1n) is 5.58. The normalized spacial score (nSPS) is 16.3. The summed E-state index contributed by atoms with van der Waals surface area (Å²) in [6.45, 7) is 1.42. The average Bonchev–Trinajstić information content (AvgIpc) is 2.32. The highest BCUT2D eigenvalue weighted by Crippen LogP contribution is 2.23. The maximum atomic E-state index is 12.3. The number of halogens is 3. The third-order valence-electron chi connectivity index (χ3n) is 2.99. The van der Waals surface area contributed by atoms with Crippen LogP contribution in [0.2, 0.25) is 5.02 Å². The molecular weight excluding hydrogens is 339 g/mol. The minimum atomic E-state index is -0.0109. The van der Waals surface area contributed by atoms with Gasteiger partial charge in [-0.25, -0.2) is 0 Å². The van der Waals surface area contributed by atoms with Gasteiger partial charge in [-0.2, -0.15) is 0 Å². The molecule has 1 heterocycles. The van der Waals surface area contributed by atoms with E-state index in [0.29, 0.717) is 23.7 Å². The maximum absolute atomic E-state index is 12.3. The lowest BCUT2D eigenvalue weighted by Crippen LogP contribution is -2.42. The lowest BCUT2D eigenvalue weighted by Gasteiger charge is -2.30. The molecule has 1 aromatic carbocycles. The molecule has 0 atom stereocenters. The smallest absolute Gasteiger partial charge is 0.255 e. The van der Waals surface area contributed by atoms with Gasteiger partial charge >= 0.3 is 0 Å². The Morgan fingerprint density at radius 2 is 2.00 bits per heavy atom. The number of nitrogens with two attached hydrogens (primary N) is 1. The third kappa shape index (κ3) is 3.60. The van der Waals surface area contributed by atoms with E-state index >= 15 is 0 Å². The molecule has 1 saturated heterocycles. The number of amides is 1. The second kappa shape index (κ2) is 6.75. The maximum Gasteiger partial charge on any atom is 0.255 e. The number of benzene rings is 1. The topological polar surface area (TPSA) is 46.3 Å². The molecule has 2 rings (SSSR count). The van der Waals surface area contributed by atoms with E-state index in [1.807, 2.05) is 11.0 Å². The molecule has 0 saturated carbocycles. The largest absolute Gasteiger partial charge is 0.338 e. The van der Waals surface area contributed by atoms with Crippen LogP contribution in [0.25, 0.3) is 0 Å². The highest BCUT2D eigenvalue weighted by atomic mass is 79.9. The summed E-state index contributed by atoms with van der Waals surface area (Å²) < 4.78 is 0.860. The number of nitrogens with zero attached hydrogens (tertiary/aromatic N) is 1. The van der Waals surface area contributed by atoms with Gasteiger partial charge in [0.15, 0.2) is 0 Å². The van der Waals surface area contributed by atoms with Gasteiger partial charge in [-0.3, -0.25) is 4.79 Å². The summed E-state index contributed by atoms with van der Waals surface area (Å²) in [4.78, 5) is 14.1. The van der Waals surface area contributed by atoms with Crippen LogP contribution in [0.1, 0.15) is 23.2 Å². The Morgan fingerprint density at radius 3 is 2.61 bits per heavy atom. The van der Waals surface area contributed by atoms with Crippen molar-refractivity contribution in [3.05, 3.63) is 33.3 Å². The molecule has 6 heteroatoms. The summed E-state index contributed by atoms with van der Waals surface area (Å²) in [6, 6.07) is 5.54. The van der Waals surface area contributed by atoms with E-state index in [-0.39, 0.29) is 24.4 Å². The van der Waals surface area contributed by atoms with E-state index in [1.165, 1.54) is 0 Å². The Hall–Kier alpha value is -0.290. The van der Waals surface area contributed by atoms with E-state index in [9.17, 15) is 4.79 Å². The van der Waals surface area contributed by atoms with Gasteiger partial charge in [0, 0.05) is 23.6 Å². The van der Waals surface area contributed by atoms with Crippen LogP contribution in [0, 0.1) is 0 Å². The van der Waals surface area contributed by atoms with Crippen LogP contribution in [-0.2, 0) is 0 Å². The second-order valence-corrected chi connectivity index (χ2v) is 5.58. The Bertz CT molecular complexity index is 434. The van der Waals surface area contributed by atoms with Gasteiger partial charge in [-0.15, -0.1) is 12.4 Å². The molecule has 1 aromatic rings. The molecule has 1 amide bonds. The Labute approximate surface area is 126 Å². The van der Waals surface area contributed by atoms with Crippen molar-refractivity contribution in [2.24, 2.45) is 5.73 Å². The number of likely N-dealkylation sites (tertiary alicyclic amines) is 1. The summed E-state index contributed by atoms with van der Waals surface area (Å²) in [5, 5.41) is 0.494. The monoisotopic (exact) mass is 352 g/mol. The number of carbonyl (C=O) groups excluding carboxylic acids is 1. The Morgan fingerprint density at radius 1 is 1.39 bits per heavy atom. The molecule has 0 aromatic heterocycles. The molecule has 0 radical (unpaired) electrons. The minimum Gasteiger partial charge on any atom is -0.338 e. The second-order valence-electron chi connectivity index (χ2n) is 4.25. The summed E-state index contributed by atoms with van der Waals surface area (Å²) in [5.74, 6) is -0.0109. The number of hydrogen-bond donors (Lipinski definition) is 1. The van der Waals surface area contributed by atoms with Gasteiger partial charge in [0.1, 0.15) is 0 Å². The number of hydrogen-bond acceptors (Lipinski definition) is 2. The first-order valence-corrected chi connectivity index (χ1v) is 6.75. The molecule has 1 aliphatic rings. The molecule has 1 aliphatic heterocycles. The SMILES string of the molecule is Cl.NC1CCN(C(=O)c2cc(Br)ccc2Cl)CC1. The van der Waals surface area contributed by atoms with Crippen LogP contribution in [0.3, 0.4) is 0 Å². The predicted octanol–water partition coefficient (Wildman–Crippen LogP) is 3.09. The fraction of sp³-hybridized carbons (Fsp3) is 0.417. The first-order chi connectivity index (χ1) is 8.08. The lowest BCUT2D eigenvalue weighted by molar-refractivity contribution is 0.0715. The van der Waals surface area contributed by atoms with Crippen LogP contribution in [0.15, 0.2) is 22.7 Å². The number of rotatable bonds is 1. The summed E-state index contributed by atoms with van der Waals surface area (Å²) >= 11 is 9.39. The molecule has 100 valence electrons. The van der Waals surface area contributed by atoms with Crippen molar-refractivity contribution in [3.8, 4) is 0 Å². The summed E-state index contributed by atoms with van der Waals surface area (Å²) in [7, 11) is 0. The third-order valence-corrected chi connectivity index (χ3v) is 3.81. The lowest BCUT2D eigenvalue weighted by atomic mass is 10.0. The highest BCUT2D eigenvalue weighted by molar-refractivity contribution is 9.10. The Balaban J connectivity index is 0.00000162. The van der Waals surface area contributed by atoms with Gasteiger partial charge < -0.3 is 10.6 Å². The number of piperidine rings is 1. The van der Waals surface area contributed by atoms with Crippen molar-refractivity contribution in [2.45, 2.75) is 18.9 Å². The van der Waals surface area contributed by atoms with E-state index in [4.69, 9.17) is 17.3 Å². The van der Waals surface area contributed by atoms with Crippen molar-refractivity contribution in [3.63, 3.8) is 0 Å². The van der Waals surface area contributed by atoms with Gasteiger partial charge in [-0.1, -0.05) is 27.5 Å². The van der Waals surface area contributed by atoms with Crippen molar-refractivity contribution < 1.29 is 4.79 Å². The molecule has 1 fully saturated rings. The van der Waals surface area contributed by atoms with Crippen molar-refractivity contribution >= 4 is 45.8 Å². The number of carbonyl (C=O) groups is 1. The standard InChI is InChI=1S/C12H14BrClN2O.ClH/c13-8-1-2-11(14)10(7-8)12(17)16-5-3-9(15)4-6-16;/h1-2,7,9H,3-6,15H2;1H. The molecular formula is C12H15BrCl2N2O. The summed E-state index contributed by atoms with van der Waals surface area (Å²) in [6.07, 6.45) is 1.72. The predicted molar refractivity (Wildman–Crippen MR) is 79.5 cm³/mol. The molecule has 0 aliphatic carbocycles.